The summed E-state index contributed by atoms with van der Waals surface area (Å²) in [5.74, 6) is 0. The van der Waals surface area contributed by atoms with Crippen LogP contribution in [0.3, 0.4) is 0 Å². The van der Waals surface area contributed by atoms with Crippen molar-refractivity contribution in [3.8, 4) is 0 Å². The van der Waals surface area contributed by atoms with Crippen LogP contribution in [0.2, 0.25) is 0 Å². The van der Waals surface area contributed by atoms with E-state index < -0.39 is 11.7 Å². The zero-order valence-electron chi connectivity index (χ0n) is 10.4. The number of aryl methyl sites for hydroxylation is 1. The normalized spacial score (nSPS) is 11.6. The maximum Gasteiger partial charge on any atom is 0.418 e. The van der Waals surface area contributed by atoms with Crippen molar-refractivity contribution in [3.63, 3.8) is 0 Å². The fourth-order valence-corrected chi connectivity index (χ4v) is 1.87. The lowest BCUT2D eigenvalue weighted by Gasteiger charge is -2.26. The minimum atomic E-state index is -4.29. The quantitative estimate of drug-likeness (QED) is 0.766. The van der Waals surface area contributed by atoms with Crippen molar-refractivity contribution >= 4 is 5.69 Å². The summed E-state index contributed by atoms with van der Waals surface area (Å²) in [6.07, 6.45) is -3.46. The lowest BCUT2D eigenvalue weighted by molar-refractivity contribution is -0.137. The van der Waals surface area contributed by atoms with Gasteiger partial charge in [-0.2, -0.15) is 13.2 Å². The van der Waals surface area contributed by atoms with Crippen LogP contribution in [-0.2, 0) is 6.18 Å². The van der Waals surface area contributed by atoms with Crippen molar-refractivity contribution in [2.45, 2.75) is 33.4 Å². The monoisotopic (exact) mass is 245 g/mol. The molecule has 0 aliphatic rings. The van der Waals surface area contributed by atoms with Gasteiger partial charge in [0.05, 0.1) is 5.56 Å². The second-order valence-corrected chi connectivity index (χ2v) is 4.10. The topological polar surface area (TPSA) is 3.24 Å². The molecule has 0 saturated carbocycles. The molecule has 0 heterocycles. The van der Waals surface area contributed by atoms with Crippen LogP contribution in [0, 0.1) is 6.92 Å². The van der Waals surface area contributed by atoms with Crippen LogP contribution in [0.25, 0.3) is 0 Å². The summed E-state index contributed by atoms with van der Waals surface area (Å²) in [6.45, 7) is 6.73. The average Bonchev–Trinajstić information content (AvgIpc) is 2.25. The van der Waals surface area contributed by atoms with Gasteiger partial charge in [-0.15, -0.1) is 0 Å². The Morgan fingerprint density at radius 3 is 2.29 bits per heavy atom. The van der Waals surface area contributed by atoms with Gasteiger partial charge in [0, 0.05) is 18.8 Å². The fourth-order valence-electron chi connectivity index (χ4n) is 1.87. The van der Waals surface area contributed by atoms with Crippen molar-refractivity contribution in [1.82, 2.24) is 0 Å². The van der Waals surface area contributed by atoms with Crippen LogP contribution in [0.4, 0.5) is 18.9 Å². The first-order chi connectivity index (χ1) is 7.90. The minimum absolute atomic E-state index is 0.285. The molecule has 1 aromatic rings. The largest absolute Gasteiger partial charge is 0.418 e. The van der Waals surface area contributed by atoms with E-state index in [4.69, 9.17) is 0 Å². The first kappa shape index (κ1) is 13.9. The molecule has 0 aliphatic carbocycles. The Bertz CT molecular complexity index is 371. The summed E-state index contributed by atoms with van der Waals surface area (Å²) < 4.78 is 38.8. The summed E-state index contributed by atoms with van der Waals surface area (Å²) in [6, 6.07) is 4.51. The average molecular weight is 245 g/mol. The van der Waals surface area contributed by atoms with E-state index in [-0.39, 0.29) is 5.69 Å². The zero-order chi connectivity index (χ0) is 13.1. The molecular formula is C13H18F3N. The maximum atomic E-state index is 12.9. The smallest absolute Gasteiger partial charge is 0.371 e. The molecular weight excluding hydrogens is 227 g/mol. The fraction of sp³-hybridized carbons (Fsp3) is 0.538. The summed E-state index contributed by atoms with van der Waals surface area (Å²) >= 11 is 0. The van der Waals surface area contributed by atoms with Crippen molar-refractivity contribution < 1.29 is 13.2 Å². The van der Waals surface area contributed by atoms with Gasteiger partial charge < -0.3 is 4.90 Å². The first-order valence-electron chi connectivity index (χ1n) is 5.83. The second-order valence-electron chi connectivity index (χ2n) is 4.10. The summed E-state index contributed by atoms with van der Waals surface area (Å²) in [4.78, 5) is 1.77. The van der Waals surface area contributed by atoms with Crippen LogP contribution in [0.5, 0.6) is 0 Å². The predicted molar refractivity (Wildman–Crippen MR) is 64.4 cm³/mol. The molecule has 0 aliphatic heterocycles. The number of hydrogen-bond acceptors (Lipinski definition) is 1. The Labute approximate surface area is 100 Å². The number of alkyl halides is 3. The summed E-state index contributed by atoms with van der Waals surface area (Å²) in [5, 5.41) is 0. The SMILES string of the molecule is CCCN(CC)c1ccc(C)cc1C(F)(F)F. The molecule has 0 atom stereocenters. The number of halogens is 3. The van der Waals surface area contributed by atoms with E-state index >= 15 is 0 Å². The van der Waals surface area contributed by atoms with Gasteiger partial charge in [0.15, 0.2) is 0 Å². The Kier molecular flexibility index (Phi) is 4.43. The Balaban J connectivity index is 3.22. The molecule has 0 radical (unpaired) electrons. The maximum absolute atomic E-state index is 12.9. The molecule has 96 valence electrons. The van der Waals surface area contributed by atoms with Gasteiger partial charge in [0.2, 0.25) is 0 Å². The van der Waals surface area contributed by atoms with Gasteiger partial charge in [-0.05, 0) is 32.4 Å². The van der Waals surface area contributed by atoms with Gasteiger partial charge in [-0.1, -0.05) is 18.6 Å². The third kappa shape index (κ3) is 3.38. The van der Waals surface area contributed by atoms with Crippen LogP contribution in [-0.4, -0.2) is 13.1 Å². The number of benzene rings is 1. The number of hydrogen-bond donors (Lipinski definition) is 0. The highest BCUT2D eigenvalue weighted by Gasteiger charge is 2.34. The van der Waals surface area contributed by atoms with E-state index in [1.54, 1.807) is 24.0 Å². The minimum Gasteiger partial charge on any atom is -0.371 e. The molecule has 0 saturated heterocycles. The molecule has 4 heteroatoms. The van der Waals surface area contributed by atoms with Crippen molar-refractivity contribution in [1.29, 1.82) is 0 Å². The highest BCUT2D eigenvalue weighted by Crippen LogP contribution is 2.37. The highest BCUT2D eigenvalue weighted by atomic mass is 19.4. The molecule has 0 N–H and O–H groups in total. The molecule has 0 unspecified atom stereocenters. The van der Waals surface area contributed by atoms with Gasteiger partial charge in [0.1, 0.15) is 0 Å². The lowest BCUT2D eigenvalue weighted by atomic mass is 10.1. The van der Waals surface area contributed by atoms with Gasteiger partial charge in [-0.3, -0.25) is 0 Å². The molecule has 0 bridgehead atoms. The predicted octanol–water partition coefficient (Wildman–Crippen LogP) is 4.25. The third-order valence-corrected chi connectivity index (χ3v) is 2.67. The Morgan fingerprint density at radius 1 is 1.18 bits per heavy atom. The first-order valence-corrected chi connectivity index (χ1v) is 5.83. The highest BCUT2D eigenvalue weighted by molar-refractivity contribution is 5.56. The van der Waals surface area contributed by atoms with Crippen molar-refractivity contribution in [2.75, 3.05) is 18.0 Å². The van der Waals surface area contributed by atoms with E-state index in [2.05, 4.69) is 0 Å². The molecule has 1 aromatic carbocycles. The van der Waals surface area contributed by atoms with Crippen LogP contribution >= 0.6 is 0 Å². The molecule has 0 spiro atoms. The number of rotatable bonds is 4. The van der Waals surface area contributed by atoms with E-state index in [9.17, 15) is 13.2 Å². The number of anilines is 1. The van der Waals surface area contributed by atoms with Crippen LogP contribution in [0.1, 0.15) is 31.4 Å². The van der Waals surface area contributed by atoms with Gasteiger partial charge >= 0.3 is 6.18 Å². The third-order valence-electron chi connectivity index (χ3n) is 2.67. The van der Waals surface area contributed by atoms with E-state index in [1.807, 2.05) is 13.8 Å². The molecule has 1 nitrogen and oxygen atoms in total. The summed E-state index contributed by atoms with van der Waals surface area (Å²) in [7, 11) is 0. The van der Waals surface area contributed by atoms with E-state index in [0.29, 0.717) is 18.7 Å². The van der Waals surface area contributed by atoms with Gasteiger partial charge in [0.25, 0.3) is 0 Å². The molecule has 0 fully saturated rings. The standard InChI is InChI=1S/C13H18F3N/c1-4-8-17(5-2)12-7-6-10(3)9-11(12)13(14,15)16/h6-7,9H,4-5,8H2,1-3H3. The van der Waals surface area contributed by atoms with Crippen LogP contribution in [0.15, 0.2) is 18.2 Å². The molecule has 0 amide bonds. The Morgan fingerprint density at radius 2 is 1.82 bits per heavy atom. The van der Waals surface area contributed by atoms with E-state index in [0.717, 1.165) is 6.42 Å². The molecule has 0 aromatic heterocycles. The van der Waals surface area contributed by atoms with Crippen molar-refractivity contribution in [3.05, 3.63) is 29.3 Å². The van der Waals surface area contributed by atoms with Gasteiger partial charge in [-0.25, -0.2) is 0 Å². The van der Waals surface area contributed by atoms with Crippen LogP contribution < -0.4 is 4.90 Å². The lowest BCUT2D eigenvalue weighted by Crippen LogP contribution is -2.26. The van der Waals surface area contributed by atoms with Crippen molar-refractivity contribution in [2.24, 2.45) is 0 Å². The molecule has 17 heavy (non-hydrogen) atoms. The Hall–Kier alpha value is -1.19. The van der Waals surface area contributed by atoms with E-state index in [1.165, 1.54) is 6.07 Å². The number of nitrogens with zero attached hydrogens (tertiary/aromatic N) is 1. The summed E-state index contributed by atoms with van der Waals surface area (Å²) in [5.41, 5.74) is 0.383. The zero-order valence-corrected chi connectivity index (χ0v) is 10.4. The second kappa shape index (κ2) is 5.43. The molecule has 1 rings (SSSR count).